The highest BCUT2D eigenvalue weighted by Crippen LogP contribution is 2.21. The number of ether oxygens (including phenoxy) is 1. The van der Waals surface area contributed by atoms with E-state index in [1.54, 1.807) is 22.5 Å². The predicted molar refractivity (Wildman–Crippen MR) is 134 cm³/mol. The molecule has 1 aliphatic heterocycles. The van der Waals surface area contributed by atoms with E-state index >= 15 is 0 Å². The minimum absolute atomic E-state index is 0.178. The molecule has 0 spiro atoms. The second-order valence-electron chi connectivity index (χ2n) is 8.38. The van der Waals surface area contributed by atoms with Gasteiger partial charge in [-0.05, 0) is 66.4 Å². The summed E-state index contributed by atoms with van der Waals surface area (Å²) < 4.78 is 33.2. The van der Waals surface area contributed by atoms with E-state index in [9.17, 15) is 13.2 Å². The van der Waals surface area contributed by atoms with Crippen LogP contribution in [0.3, 0.4) is 0 Å². The summed E-state index contributed by atoms with van der Waals surface area (Å²) in [6.45, 7) is 1.61. The highest BCUT2D eigenvalue weighted by Gasteiger charge is 2.25. The lowest BCUT2D eigenvalue weighted by molar-refractivity contribution is 0.104. The lowest BCUT2D eigenvalue weighted by Gasteiger charge is -2.19. The van der Waals surface area contributed by atoms with Crippen LogP contribution < -0.4 is 4.74 Å². The normalized spacial score (nSPS) is 15.2. The third-order valence-electron chi connectivity index (χ3n) is 5.90. The first kappa shape index (κ1) is 23.9. The second kappa shape index (κ2) is 11.3. The molecule has 4 rings (SSSR count). The second-order valence-corrected chi connectivity index (χ2v) is 10.3. The Balaban J connectivity index is 1.35. The van der Waals surface area contributed by atoms with Crippen LogP contribution in [0.4, 0.5) is 0 Å². The van der Waals surface area contributed by atoms with Gasteiger partial charge in [-0.25, -0.2) is 8.42 Å². The molecule has 1 saturated heterocycles. The number of carbonyl (C=O) groups is 1. The zero-order valence-electron chi connectivity index (χ0n) is 19.1. The first-order valence-electron chi connectivity index (χ1n) is 11.6. The Bertz CT molecular complexity index is 1210. The molecule has 3 aromatic rings. The van der Waals surface area contributed by atoms with Crippen molar-refractivity contribution in [2.24, 2.45) is 0 Å². The molecule has 0 atom stereocenters. The fraction of sp³-hybridized carbons (Fsp3) is 0.250. The van der Waals surface area contributed by atoms with Crippen LogP contribution in [-0.2, 0) is 16.6 Å². The van der Waals surface area contributed by atoms with Crippen LogP contribution in [0.5, 0.6) is 5.75 Å². The van der Waals surface area contributed by atoms with E-state index in [1.807, 2.05) is 54.6 Å². The van der Waals surface area contributed by atoms with Crippen LogP contribution in [0.15, 0.2) is 89.8 Å². The maximum atomic E-state index is 12.9. The van der Waals surface area contributed by atoms with Crippen LogP contribution in [-0.4, -0.2) is 31.6 Å². The minimum Gasteiger partial charge on any atom is -0.489 e. The molecule has 0 amide bonds. The van der Waals surface area contributed by atoms with Crippen LogP contribution >= 0.6 is 0 Å². The number of hydrogen-bond acceptors (Lipinski definition) is 4. The molecule has 0 aliphatic carbocycles. The van der Waals surface area contributed by atoms with Gasteiger partial charge in [0.25, 0.3) is 0 Å². The Hall–Kier alpha value is -3.22. The molecule has 34 heavy (non-hydrogen) atoms. The molecule has 6 heteroatoms. The largest absolute Gasteiger partial charge is 0.489 e. The van der Waals surface area contributed by atoms with Crippen molar-refractivity contribution in [3.8, 4) is 5.75 Å². The highest BCUT2D eigenvalue weighted by molar-refractivity contribution is 7.89. The maximum absolute atomic E-state index is 12.9. The molecule has 3 aromatic carbocycles. The van der Waals surface area contributed by atoms with Crippen molar-refractivity contribution in [3.63, 3.8) is 0 Å². The summed E-state index contributed by atoms with van der Waals surface area (Å²) in [4.78, 5) is 12.8. The molecule has 176 valence electrons. The van der Waals surface area contributed by atoms with Gasteiger partial charge < -0.3 is 4.74 Å². The topological polar surface area (TPSA) is 63.7 Å². The molecule has 1 heterocycles. The van der Waals surface area contributed by atoms with Crippen LogP contribution in [0, 0.1) is 0 Å². The first-order chi connectivity index (χ1) is 16.5. The molecule has 1 fully saturated rings. The van der Waals surface area contributed by atoms with E-state index in [0.717, 1.165) is 42.6 Å². The van der Waals surface area contributed by atoms with Gasteiger partial charge in [-0.1, -0.05) is 61.4 Å². The third kappa shape index (κ3) is 6.22. The number of nitrogens with zero attached hydrogens (tertiary/aromatic N) is 1. The van der Waals surface area contributed by atoms with Crippen molar-refractivity contribution in [1.29, 1.82) is 0 Å². The van der Waals surface area contributed by atoms with Gasteiger partial charge in [0.2, 0.25) is 10.0 Å². The maximum Gasteiger partial charge on any atom is 0.243 e. The fourth-order valence-corrected chi connectivity index (χ4v) is 5.42. The van der Waals surface area contributed by atoms with Gasteiger partial charge >= 0.3 is 0 Å². The molecule has 0 bridgehead atoms. The molecular formula is C28H29NO4S. The van der Waals surface area contributed by atoms with Gasteiger partial charge in [0, 0.05) is 18.7 Å². The van der Waals surface area contributed by atoms with E-state index in [2.05, 4.69) is 0 Å². The van der Waals surface area contributed by atoms with Gasteiger partial charge in [0.05, 0.1) is 4.90 Å². The van der Waals surface area contributed by atoms with Crippen molar-refractivity contribution in [1.82, 2.24) is 4.31 Å². The van der Waals surface area contributed by atoms with Crippen molar-refractivity contribution in [2.45, 2.75) is 37.2 Å². The number of hydrogen-bond donors (Lipinski definition) is 0. The van der Waals surface area contributed by atoms with Crippen molar-refractivity contribution < 1.29 is 17.9 Å². The molecule has 1 aliphatic rings. The standard InChI is InChI=1S/C28H29NO4S/c30-28(19-12-23-10-15-26(16-11-23)33-22-24-8-4-3-5-9-24)25-13-17-27(18-14-25)34(31,32)29-20-6-1-2-7-21-29/h3-5,8-19H,1-2,6-7,20-22H2. The first-order valence-corrected chi connectivity index (χ1v) is 13.1. The van der Waals surface area contributed by atoms with Crippen LogP contribution in [0.25, 0.3) is 6.08 Å². The SMILES string of the molecule is O=C(C=Cc1ccc(OCc2ccccc2)cc1)c1ccc(S(=O)(=O)N2CCCCCC2)cc1. The van der Waals surface area contributed by atoms with Gasteiger partial charge in [0.15, 0.2) is 5.78 Å². The lowest BCUT2D eigenvalue weighted by Crippen LogP contribution is -2.31. The number of ketones is 1. The van der Waals surface area contributed by atoms with Gasteiger partial charge in [-0.15, -0.1) is 0 Å². The number of benzene rings is 3. The third-order valence-corrected chi connectivity index (χ3v) is 7.81. The van der Waals surface area contributed by atoms with E-state index in [1.165, 1.54) is 18.2 Å². The summed E-state index contributed by atoms with van der Waals surface area (Å²) in [6.07, 6.45) is 7.15. The summed E-state index contributed by atoms with van der Waals surface area (Å²) in [5, 5.41) is 0. The zero-order valence-corrected chi connectivity index (χ0v) is 19.9. The number of allylic oxidation sites excluding steroid dienone is 1. The Morgan fingerprint density at radius 3 is 2.12 bits per heavy atom. The summed E-state index contributed by atoms with van der Waals surface area (Å²) in [7, 11) is -3.52. The van der Waals surface area contributed by atoms with Crippen LogP contribution in [0.1, 0.15) is 47.2 Å². The fourth-order valence-electron chi connectivity index (χ4n) is 3.91. The Labute approximate surface area is 201 Å². The number of rotatable bonds is 8. The van der Waals surface area contributed by atoms with Gasteiger partial charge in [0.1, 0.15) is 12.4 Å². The van der Waals surface area contributed by atoms with E-state index in [-0.39, 0.29) is 10.7 Å². The average Bonchev–Trinajstić information content (AvgIpc) is 3.18. The summed E-state index contributed by atoms with van der Waals surface area (Å²) in [5.74, 6) is 0.580. The number of carbonyl (C=O) groups excluding carboxylic acids is 1. The summed E-state index contributed by atoms with van der Waals surface area (Å²) >= 11 is 0. The Morgan fingerprint density at radius 2 is 1.47 bits per heavy atom. The molecule has 0 N–H and O–H groups in total. The molecule has 0 radical (unpaired) electrons. The zero-order chi connectivity index (χ0) is 23.8. The Morgan fingerprint density at radius 1 is 0.824 bits per heavy atom. The monoisotopic (exact) mass is 475 g/mol. The molecule has 5 nitrogen and oxygen atoms in total. The molecule has 0 unspecified atom stereocenters. The molecule has 0 saturated carbocycles. The summed E-state index contributed by atoms with van der Waals surface area (Å²) in [6, 6.07) is 23.7. The van der Waals surface area contributed by atoms with Gasteiger partial charge in [-0.2, -0.15) is 4.31 Å². The van der Waals surface area contributed by atoms with E-state index < -0.39 is 10.0 Å². The van der Waals surface area contributed by atoms with Crippen molar-refractivity contribution in [2.75, 3.05) is 13.1 Å². The Kier molecular flexibility index (Phi) is 7.93. The van der Waals surface area contributed by atoms with Crippen LogP contribution in [0.2, 0.25) is 0 Å². The minimum atomic E-state index is -3.52. The van der Waals surface area contributed by atoms with E-state index in [0.29, 0.717) is 25.3 Å². The van der Waals surface area contributed by atoms with Crippen molar-refractivity contribution >= 4 is 21.9 Å². The van der Waals surface area contributed by atoms with E-state index in [4.69, 9.17) is 4.74 Å². The number of sulfonamides is 1. The molecular weight excluding hydrogens is 446 g/mol. The van der Waals surface area contributed by atoms with Crippen molar-refractivity contribution in [3.05, 3.63) is 102 Å². The highest BCUT2D eigenvalue weighted by atomic mass is 32.2. The smallest absolute Gasteiger partial charge is 0.243 e. The average molecular weight is 476 g/mol. The quantitative estimate of drug-likeness (QED) is 0.308. The predicted octanol–water partition coefficient (Wildman–Crippen LogP) is 5.73. The lowest BCUT2D eigenvalue weighted by atomic mass is 10.1. The summed E-state index contributed by atoms with van der Waals surface area (Å²) in [5.41, 5.74) is 2.43. The van der Waals surface area contributed by atoms with Gasteiger partial charge in [-0.3, -0.25) is 4.79 Å². The molecule has 0 aromatic heterocycles.